The van der Waals surface area contributed by atoms with Gasteiger partial charge in [0.2, 0.25) is 0 Å². The van der Waals surface area contributed by atoms with E-state index in [0.717, 1.165) is 23.9 Å². The summed E-state index contributed by atoms with van der Waals surface area (Å²) in [5.41, 5.74) is 3.14. The van der Waals surface area contributed by atoms with Gasteiger partial charge in [-0.25, -0.2) is 5.43 Å². The maximum Gasteiger partial charge on any atom is 0.432 e. The monoisotopic (exact) mass is 526 g/mol. The summed E-state index contributed by atoms with van der Waals surface area (Å²) in [5, 5.41) is 3.87. The van der Waals surface area contributed by atoms with Crippen molar-refractivity contribution in [2.45, 2.75) is 66.5 Å². The van der Waals surface area contributed by atoms with Gasteiger partial charge in [-0.3, -0.25) is 14.8 Å². The molecule has 1 saturated heterocycles. The quantitative estimate of drug-likeness (QED) is 0.263. The molecule has 1 heterocycles. The number of allylic oxidation sites excluding steroid dienone is 4. The van der Waals surface area contributed by atoms with Crippen LogP contribution >= 0.6 is 0 Å². The standard InChI is InChI=1S/C24H33F3N4O2.2C2H6/c1-4-5-18(16-28-2)6-11-22(24(25,26)27)31(29-3)21-9-7-20(8-10-21)23(32)30-17-19-12-14-33-15-13-19;2*1-2/h5,7-11,16,19,29H,4,6,12-15,17H2,1-3H3,(H,30,32);2*1-2H3/b18-5-,22-11-,28-16?;;. The molecule has 37 heavy (non-hydrogen) atoms. The number of rotatable bonds is 10. The number of ether oxygens (including phenoxy) is 1. The maximum atomic E-state index is 13.9. The fraction of sp³-hybridized carbons (Fsp3) is 0.571. The lowest BCUT2D eigenvalue weighted by Crippen LogP contribution is -2.40. The maximum absolute atomic E-state index is 13.9. The van der Waals surface area contributed by atoms with E-state index < -0.39 is 11.9 Å². The second-order valence-corrected chi connectivity index (χ2v) is 7.74. The highest BCUT2D eigenvalue weighted by molar-refractivity contribution is 5.94. The van der Waals surface area contributed by atoms with Crippen LogP contribution in [0.5, 0.6) is 0 Å². The molecule has 0 radical (unpaired) electrons. The summed E-state index contributed by atoms with van der Waals surface area (Å²) in [4.78, 5) is 16.4. The molecule has 0 unspecified atom stereocenters. The molecule has 210 valence electrons. The van der Waals surface area contributed by atoms with Gasteiger partial charge in [-0.05, 0) is 67.5 Å². The van der Waals surface area contributed by atoms with Crippen LogP contribution in [0.2, 0.25) is 0 Å². The van der Waals surface area contributed by atoms with Crippen molar-refractivity contribution >= 4 is 17.8 Å². The molecule has 1 aliphatic rings. The van der Waals surface area contributed by atoms with E-state index in [9.17, 15) is 18.0 Å². The van der Waals surface area contributed by atoms with Crippen LogP contribution in [0.1, 0.15) is 70.7 Å². The molecule has 1 aromatic carbocycles. The molecule has 6 nitrogen and oxygen atoms in total. The van der Waals surface area contributed by atoms with Crippen molar-refractivity contribution in [3.63, 3.8) is 0 Å². The Kier molecular flexibility index (Phi) is 18.1. The number of halogens is 3. The van der Waals surface area contributed by atoms with Crippen molar-refractivity contribution in [2.24, 2.45) is 10.9 Å². The van der Waals surface area contributed by atoms with Crippen LogP contribution in [0.3, 0.4) is 0 Å². The number of hydrogen-bond donors (Lipinski definition) is 2. The fourth-order valence-electron chi connectivity index (χ4n) is 3.61. The third-order valence-corrected chi connectivity index (χ3v) is 5.33. The van der Waals surface area contributed by atoms with Gasteiger partial charge in [0, 0.05) is 45.6 Å². The first-order chi connectivity index (χ1) is 17.8. The van der Waals surface area contributed by atoms with Gasteiger partial charge < -0.3 is 10.1 Å². The first kappa shape index (κ1) is 34.4. The third kappa shape index (κ3) is 12.4. The van der Waals surface area contributed by atoms with Gasteiger partial charge in [-0.1, -0.05) is 40.7 Å². The third-order valence-electron chi connectivity index (χ3n) is 5.33. The van der Waals surface area contributed by atoms with Crippen molar-refractivity contribution in [3.8, 4) is 0 Å². The van der Waals surface area contributed by atoms with Gasteiger partial charge in [0.1, 0.15) is 5.70 Å². The number of benzene rings is 1. The van der Waals surface area contributed by atoms with E-state index in [-0.39, 0.29) is 18.0 Å². The van der Waals surface area contributed by atoms with Crippen LogP contribution in [-0.4, -0.2) is 52.2 Å². The second-order valence-electron chi connectivity index (χ2n) is 7.74. The van der Waals surface area contributed by atoms with Gasteiger partial charge in [0.05, 0.1) is 5.69 Å². The fourth-order valence-corrected chi connectivity index (χ4v) is 3.61. The van der Waals surface area contributed by atoms with E-state index in [0.29, 0.717) is 43.2 Å². The summed E-state index contributed by atoms with van der Waals surface area (Å²) in [6.45, 7) is 11.9. The summed E-state index contributed by atoms with van der Waals surface area (Å²) in [7, 11) is 3.00. The molecule has 0 saturated carbocycles. The summed E-state index contributed by atoms with van der Waals surface area (Å²) in [6, 6.07) is 6.05. The van der Waals surface area contributed by atoms with Crippen molar-refractivity contribution in [1.82, 2.24) is 10.7 Å². The molecular formula is C28H45F3N4O2. The minimum absolute atomic E-state index is 0.0882. The Balaban J connectivity index is 0.00000308. The smallest absolute Gasteiger partial charge is 0.381 e. The highest BCUT2D eigenvalue weighted by atomic mass is 19.4. The molecule has 1 aliphatic heterocycles. The number of carbonyl (C=O) groups is 1. The molecule has 1 amide bonds. The van der Waals surface area contributed by atoms with Gasteiger partial charge in [-0.2, -0.15) is 13.2 Å². The Bertz CT molecular complexity index is 844. The SMILES string of the molecule is CC.CC.CC/C=C(\C=NC)C/C=C(\N(NC)c1ccc(C(=O)NCC2CCOCC2)cc1)C(F)(F)F. The molecule has 2 N–H and O–H groups in total. The zero-order valence-corrected chi connectivity index (χ0v) is 23.4. The lowest BCUT2D eigenvalue weighted by Gasteiger charge is -2.28. The topological polar surface area (TPSA) is 66.0 Å². The lowest BCUT2D eigenvalue weighted by atomic mass is 10.0. The molecule has 0 bridgehead atoms. The van der Waals surface area contributed by atoms with Gasteiger partial charge in [0.25, 0.3) is 5.91 Å². The summed E-state index contributed by atoms with van der Waals surface area (Å²) >= 11 is 0. The normalized spacial score (nSPS) is 14.9. The first-order valence-electron chi connectivity index (χ1n) is 13.1. The predicted molar refractivity (Wildman–Crippen MR) is 148 cm³/mol. The van der Waals surface area contributed by atoms with E-state index in [1.165, 1.54) is 31.3 Å². The van der Waals surface area contributed by atoms with Crippen LogP contribution in [0.15, 0.2) is 52.7 Å². The average Bonchev–Trinajstić information content (AvgIpc) is 2.92. The average molecular weight is 527 g/mol. The van der Waals surface area contributed by atoms with Crippen LogP contribution in [0.4, 0.5) is 18.9 Å². The van der Waals surface area contributed by atoms with Gasteiger partial charge >= 0.3 is 6.18 Å². The Morgan fingerprint density at radius 2 is 1.70 bits per heavy atom. The molecule has 1 aromatic rings. The highest BCUT2D eigenvalue weighted by Gasteiger charge is 2.38. The van der Waals surface area contributed by atoms with E-state index in [1.807, 2.05) is 40.7 Å². The number of carbonyl (C=O) groups excluding carboxylic acids is 1. The number of nitrogens with zero attached hydrogens (tertiary/aromatic N) is 2. The molecule has 0 spiro atoms. The van der Waals surface area contributed by atoms with E-state index in [2.05, 4.69) is 15.7 Å². The zero-order valence-electron chi connectivity index (χ0n) is 23.4. The first-order valence-corrected chi connectivity index (χ1v) is 13.1. The molecular weight excluding hydrogens is 481 g/mol. The van der Waals surface area contributed by atoms with Gasteiger partial charge in [-0.15, -0.1) is 0 Å². The highest BCUT2D eigenvalue weighted by Crippen LogP contribution is 2.32. The van der Waals surface area contributed by atoms with Gasteiger partial charge in [0.15, 0.2) is 0 Å². The summed E-state index contributed by atoms with van der Waals surface area (Å²) < 4.78 is 46.9. The molecule has 0 aromatic heterocycles. The summed E-state index contributed by atoms with van der Waals surface area (Å²) in [5.74, 6) is 0.134. The molecule has 9 heteroatoms. The van der Waals surface area contributed by atoms with Crippen molar-refractivity contribution in [1.29, 1.82) is 0 Å². The Hall–Kier alpha value is -2.65. The van der Waals surface area contributed by atoms with Crippen LogP contribution in [-0.2, 0) is 4.74 Å². The number of hydrazine groups is 1. The number of amides is 1. The number of hydrogen-bond acceptors (Lipinski definition) is 5. The Labute approximate surface area is 221 Å². The van der Waals surface area contributed by atoms with Crippen LogP contribution in [0, 0.1) is 5.92 Å². The lowest BCUT2D eigenvalue weighted by molar-refractivity contribution is -0.0943. The second kappa shape index (κ2) is 19.5. The predicted octanol–water partition coefficient (Wildman–Crippen LogP) is 6.71. The van der Waals surface area contributed by atoms with Crippen molar-refractivity contribution < 1.29 is 22.7 Å². The number of anilines is 1. The van der Waals surface area contributed by atoms with Crippen LogP contribution < -0.4 is 15.8 Å². The van der Waals surface area contributed by atoms with E-state index in [1.54, 1.807) is 13.3 Å². The number of alkyl halides is 3. The molecule has 2 rings (SSSR count). The minimum Gasteiger partial charge on any atom is -0.381 e. The van der Waals surface area contributed by atoms with E-state index in [4.69, 9.17) is 4.74 Å². The molecule has 1 fully saturated rings. The Morgan fingerprint density at radius 3 is 2.19 bits per heavy atom. The zero-order chi connectivity index (χ0) is 28.3. The van der Waals surface area contributed by atoms with Crippen molar-refractivity contribution in [2.75, 3.05) is 38.9 Å². The molecule has 0 atom stereocenters. The minimum atomic E-state index is -4.58. The Morgan fingerprint density at radius 1 is 1.11 bits per heavy atom. The van der Waals surface area contributed by atoms with Crippen LogP contribution in [0.25, 0.3) is 0 Å². The van der Waals surface area contributed by atoms with E-state index >= 15 is 0 Å². The molecule has 0 aliphatic carbocycles. The summed E-state index contributed by atoms with van der Waals surface area (Å²) in [6.07, 6.45) is 2.55. The number of aliphatic imine (C=N–C) groups is 1. The number of nitrogens with one attached hydrogen (secondary N) is 2. The largest absolute Gasteiger partial charge is 0.432 e. The van der Waals surface area contributed by atoms with Crippen molar-refractivity contribution in [3.05, 3.63) is 53.3 Å².